The zero-order valence-corrected chi connectivity index (χ0v) is 11.4. The van der Waals surface area contributed by atoms with Gasteiger partial charge in [0, 0.05) is 25.6 Å². The standard InChI is InChI=1S/C12H24N2O2S/c1-2-10(9-12(13)17)14-5-3-11(4-6-14)16-8-7-15/h10-11,15H,2-9H2,1H3,(H2,13,17). The summed E-state index contributed by atoms with van der Waals surface area (Å²) in [6.07, 6.45) is 4.27. The molecular weight excluding hydrogens is 236 g/mol. The van der Waals surface area contributed by atoms with E-state index in [0.29, 0.717) is 23.7 Å². The molecule has 0 aromatic carbocycles. The lowest BCUT2D eigenvalue weighted by atomic mass is 10.0. The SMILES string of the molecule is CCC(CC(N)=S)N1CCC(OCCO)CC1. The average molecular weight is 260 g/mol. The van der Waals surface area contributed by atoms with Crippen molar-refractivity contribution >= 4 is 17.2 Å². The number of likely N-dealkylation sites (tertiary alicyclic amines) is 1. The van der Waals surface area contributed by atoms with Crippen LogP contribution in [-0.2, 0) is 4.74 Å². The van der Waals surface area contributed by atoms with Gasteiger partial charge in [0.1, 0.15) is 0 Å². The van der Waals surface area contributed by atoms with Gasteiger partial charge in [0.2, 0.25) is 0 Å². The van der Waals surface area contributed by atoms with Gasteiger partial charge in [0.05, 0.1) is 24.3 Å². The Morgan fingerprint density at radius 2 is 2.18 bits per heavy atom. The Kier molecular flexibility index (Phi) is 6.96. The summed E-state index contributed by atoms with van der Waals surface area (Å²) in [6.45, 7) is 4.82. The molecule has 0 spiro atoms. The maximum Gasteiger partial charge on any atom is 0.0743 e. The van der Waals surface area contributed by atoms with Crippen LogP contribution in [0.2, 0.25) is 0 Å². The Bertz CT molecular complexity index is 231. The first-order valence-corrected chi connectivity index (χ1v) is 6.83. The predicted octanol–water partition coefficient (Wildman–Crippen LogP) is 0.914. The van der Waals surface area contributed by atoms with E-state index < -0.39 is 0 Å². The molecule has 100 valence electrons. The van der Waals surface area contributed by atoms with E-state index in [1.54, 1.807) is 0 Å². The Labute approximate surface area is 109 Å². The molecule has 0 amide bonds. The van der Waals surface area contributed by atoms with Crippen molar-refractivity contribution in [3.63, 3.8) is 0 Å². The van der Waals surface area contributed by atoms with Gasteiger partial charge in [-0.2, -0.15) is 0 Å². The fourth-order valence-corrected chi connectivity index (χ4v) is 2.58. The van der Waals surface area contributed by atoms with Crippen molar-refractivity contribution in [3.8, 4) is 0 Å². The van der Waals surface area contributed by atoms with Crippen LogP contribution in [0, 0.1) is 0 Å². The molecule has 1 saturated heterocycles. The summed E-state index contributed by atoms with van der Waals surface area (Å²) in [5.74, 6) is 0. The monoisotopic (exact) mass is 260 g/mol. The summed E-state index contributed by atoms with van der Waals surface area (Å²) < 4.78 is 5.55. The molecule has 0 radical (unpaired) electrons. The number of hydrogen-bond acceptors (Lipinski definition) is 4. The molecule has 0 aromatic heterocycles. The molecule has 1 atom stereocenters. The zero-order valence-electron chi connectivity index (χ0n) is 10.6. The number of thiocarbonyl (C=S) groups is 1. The van der Waals surface area contributed by atoms with Gasteiger partial charge in [0.15, 0.2) is 0 Å². The molecule has 3 N–H and O–H groups in total. The molecule has 5 heteroatoms. The second kappa shape index (κ2) is 7.97. The number of ether oxygens (including phenoxy) is 1. The maximum absolute atomic E-state index is 8.71. The highest BCUT2D eigenvalue weighted by Crippen LogP contribution is 2.19. The van der Waals surface area contributed by atoms with Crippen LogP contribution >= 0.6 is 12.2 Å². The van der Waals surface area contributed by atoms with Gasteiger partial charge >= 0.3 is 0 Å². The third-order valence-electron chi connectivity index (χ3n) is 3.35. The van der Waals surface area contributed by atoms with Crippen molar-refractivity contribution in [2.24, 2.45) is 5.73 Å². The fourth-order valence-electron chi connectivity index (χ4n) is 2.39. The quantitative estimate of drug-likeness (QED) is 0.667. The number of piperidine rings is 1. The average Bonchev–Trinajstić information content (AvgIpc) is 2.34. The van der Waals surface area contributed by atoms with Crippen LogP contribution < -0.4 is 5.73 Å². The predicted molar refractivity (Wildman–Crippen MR) is 73.1 cm³/mol. The van der Waals surface area contributed by atoms with Crippen LogP contribution in [0.3, 0.4) is 0 Å². The fraction of sp³-hybridized carbons (Fsp3) is 0.917. The first-order valence-electron chi connectivity index (χ1n) is 6.42. The lowest BCUT2D eigenvalue weighted by Crippen LogP contribution is -2.44. The number of nitrogens with zero attached hydrogens (tertiary/aromatic N) is 1. The van der Waals surface area contributed by atoms with Gasteiger partial charge in [0.25, 0.3) is 0 Å². The van der Waals surface area contributed by atoms with E-state index in [2.05, 4.69) is 11.8 Å². The summed E-state index contributed by atoms with van der Waals surface area (Å²) in [4.78, 5) is 3.06. The number of rotatable bonds is 7. The highest BCUT2D eigenvalue weighted by Gasteiger charge is 2.24. The van der Waals surface area contributed by atoms with E-state index in [-0.39, 0.29) is 6.61 Å². The molecule has 0 aromatic rings. The number of hydrogen-bond donors (Lipinski definition) is 2. The Morgan fingerprint density at radius 1 is 1.53 bits per heavy atom. The molecule has 1 heterocycles. The van der Waals surface area contributed by atoms with E-state index in [4.69, 9.17) is 27.8 Å². The topological polar surface area (TPSA) is 58.7 Å². The van der Waals surface area contributed by atoms with Crippen LogP contribution in [0.1, 0.15) is 32.6 Å². The second-order valence-electron chi connectivity index (χ2n) is 4.56. The van der Waals surface area contributed by atoms with Crippen molar-refractivity contribution < 1.29 is 9.84 Å². The first kappa shape index (κ1) is 14.8. The lowest BCUT2D eigenvalue weighted by Gasteiger charge is -2.37. The molecule has 4 nitrogen and oxygen atoms in total. The van der Waals surface area contributed by atoms with Gasteiger partial charge in [-0.15, -0.1) is 0 Å². The van der Waals surface area contributed by atoms with Gasteiger partial charge in [-0.25, -0.2) is 0 Å². The molecule has 0 bridgehead atoms. The van der Waals surface area contributed by atoms with E-state index in [1.165, 1.54) is 0 Å². The minimum atomic E-state index is 0.110. The van der Waals surface area contributed by atoms with Gasteiger partial charge < -0.3 is 15.6 Å². The van der Waals surface area contributed by atoms with E-state index in [9.17, 15) is 0 Å². The maximum atomic E-state index is 8.71. The highest BCUT2D eigenvalue weighted by molar-refractivity contribution is 7.80. The minimum absolute atomic E-state index is 0.110. The van der Waals surface area contributed by atoms with Crippen molar-refractivity contribution in [2.75, 3.05) is 26.3 Å². The molecule has 0 aliphatic carbocycles. The highest BCUT2D eigenvalue weighted by atomic mass is 32.1. The Hall–Kier alpha value is -0.230. The number of nitrogens with two attached hydrogens (primary N) is 1. The first-order chi connectivity index (χ1) is 8.17. The van der Waals surface area contributed by atoms with E-state index in [1.807, 2.05) is 0 Å². The van der Waals surface area contributed by atoms with Crippen LogP contribution in [0.25, 0.3) is 0 Å². The van der Waals surface area contributed by atoms with Crippen LogP contribution in [0.15, 0.2) is 0 Å². The smallest absolute Gasteiger partial charge is 0.0743 e. The summed E-state index contributed by atoms with van der Waals surface area (Å²) in [5, 5.41) is 8.71. The Morgan fingerprint density at radius 3 is 2.65 bits per heavy atom. The summed E-state index contributed by atoms with van der Waals surface area (Å²) in [7, 11) is 0. The van der Waals surface area contributed by atoms with Crippen molar-refractivity contribution in [3.05, 3.63) is 0 Å². The molecule has 1 fully saturated rings. The molecule has 0 saturated carbocycles. The molecule has 1 unspecified atom stereocenters. The largest absolute Gasteiger partial charge is 0.394 e. The van der Waals surface area contributed by atoms with Crippen LogP contribution in [0.5, 0.6) is 0 Å². The van der Waals surface area contributed by atoms with Crippen LogP contribution in [-0.4, -0.2) is 53.4 Å². The molecular formula is C12H24N2O2S. The number of aliphatic hydroxyl groups excluding tert-OH is 1. The van der Waals surface area contributed by atoms with E-state index in [0.717, 1.165) is 38.8 Å². The number of aliphatic hydroxyl groups is 1. The van der Waals surface area contributed by atoms with Gasteiger partial charge in [-0.1, -0.05) is 19.1 Å². The normalized spacial score (nSPS) is 20.4. The van der Waals surface area contributed by atoms with E-state index >= 15 is 0 Å². The van der Waals surface area contributed by atoms with Gasteiger partial charge in [-0.3, -0.25) is 4.90 Å². The van der Waals surface area contributed by atoms with Crippen molar-refractivity contribution in [1.29, 1.82) is 0 Å². The summed E-state index contributed by atoms with van der Waals surface area (Å²) in [6, 6.07) is 0.478. The summed E-state index contributed by atoms with van der Waals surface area (Å²) in [5.41, 5.74) is 5.62. The molecule has 1 aliphatic heterocycles. The lowest BCUT2D eigenvalue weighted by molar-refractivity contribution is -0.0150. The van der Waals surface area contributed by atoms with Crippen molar-refractivity contribution in [2.45, 2.75) is 44.8 Å². The zero-order chi connectivity index (χ0) is 12.7. The molecule has 17 heavy (non-hydrogen) atoms. The molecule has 1 rings (SSSR count). The third-order valence-corrected chi connectivity index (χ3v) is 3.51. The minimum Gasteiger partial charge on any atom is -0.394 e. The van der Waals surface area contributed by atoms with Gasteiger partial charge in [-0.05, 0) is 19.3 Å². The van der Waals surface area contributed by atoms with Crippen molar-refractivity contribution in [1.82, 2.24) is 4.90 Å². The Balaban J connectivity index is 2.31. The summed E-state index contributed by atoms with van der Waals surface area (Å²) >= 11 is 4.99. The van der Waals surface area contributed by atoms with Crippen LogP contribution in [0.4, 0.5) is 0 Å². The second-order valence-corrected chi connectivity index (χ2v) is 5.09. The third kappa shape index (κ3) is 5.29. The molecule has 1 aliphatic rings.